The van der Waals surface area contributed by atoms with Crippen molar-refractivity contribution in [1.29, 1.82) is 0 Å². The maximum atomic E-state index is 14.1. The molecule has 1 aliphatic rings. The van der Waals surface area contributed by atoms with Gasteiger partial charge in [0.15, 0.2) is 15.8 Å². The molecule has 0 atom stereocenters. The largest absolute Gasteiger partial charge is 0.493 e. The van der Waals surface area contributed by atoms with Gasteiger partial charge in [-0.1, -0.05) is 42.0 Å². The van der Waals surface area contributed by atoms with Gasteiger partial charge in [-0.2, -0.15) is 0 Å². The summed E-state index contributed by atoms with van der Waals surface area (Å²) < 4.78 is 26.1. The summed E-state index contributed by atoms with van der Waals surface area (Å²) in [4.78, 5) is 14.4. The van der Waals surface area contributed by atoms with E-state index in [1.807, 2.05) is 6.07 Å². The van der Waals surface area contributed by atoms with Crippen molar-refractivity contribution in [2.75, 3.05) is 18.6 Å². The van der Waals surface area contributed by atoms with Crippen molar-refractivity contribution < 1.29 is 18.7 Å². The molecule has 1 aliphatic heterocycles. The number of para-hydroxylation sites is 1. The van der Waals surface area contributed by atoms with E-state index in [0.717, 1.165) is 20.9 Å². The van der Waals surface area contributed by atoms with Gasteiger partial charge >= 0.3 is 0 Å². The van der Waals surface area contributed by atoms with Crippen LogP contribution in [0.15, 0.2) is 41.3 Å². The molecule has 1 saturated heterocycles. The van der Waals surface area contributed by atoms with Crippen molar-refractivity contribution in [3.63, 3.8) is 0 Å². The van der Waals surface area contributed by atoms with Crippen LogP contribution in [0, 0.1) is 21.7 Å². The number of carbonyl (C=O) groups is 1. The molecule has 1 amide bonds. The summed E-state index contributed by atoms with van der Waals surface area (Å²) >= 11 is 8.52. The van der Waals surface area contributed by atoms with Gasteiger partial charge in [0.2, 0.25) is 0 Å². The van der Waals surface area contributed by atoms with Crippen molar-refractivity contribution in [3.8, 4) is 23.8 Å². The Morgan fingerprint density at radius 1 is 1.39 bits per heavy atom. The number of rotatable bonds is 5. The Kier molecular flexibility index (Phi) is 6.59. The first-order valence-corrected chi connectivity index (χ1v) is 10.2. The van der Waals surface area contributed by atoms with Crippen LogP contribution >= 0.6 is 46.6 Å². The Morgan fingerprint density at radius 2 is 2.14 bits per heavy atom. The van der Waals surface area contributed by atoms with E-state index in [9.17, 15) is 9.18 Å². The molecule has 3 rings (SSSR count). The van der Waals surface area contributed by atoms with E-state index in [2.05, 4.69) is 28.5 Å². The minimum atomic E-state index is -0.508. The summed E-state index contributed by atoms with van der Waals surface area (Å²) in [7, 11) is 1.52. The number of ether oxygens (including phenoxy) is 2. The second-order valence-electron chi connectivity index (χ2n) is 5.50. The van der Waals surface area contributed by atoms with Crippen LogP contribution in [-0.2, 0) is 4.79 Å². The number of benzene rings is 2. The third-order valence-corrected chi connectivity index (χ3v) is 5.84. The highest BCUT2D eigenvalue weighted by Gasteiger charge is 2.34. The quantitative estimate of drug-likeness (QED) is 0.242. The van der Waals surface area contributed by atoms with Gasteiger partial charge in [-0.25, -0.2) is 4.39 Å². The molecule has 0 aliphatic carbocycles. The third kappa shape index (κ3) is 4.16. The van der Waals surface area contributed by atoms with Crippen molar-refractivity contribution >= 4 is 68.6 Å². The molecular formula is C20H13FINO3S2. The molecule has 0 bridgehead atoms. The van der Waals surface area contributed by atoms with E-state index >= 15 is 0 Å². The zero-order valence-corrected chi connectivity index (χ0v) is 18.4. The summed E-state index contributed by atoms with van der Waals surface area (Å²) in [6.07, 6.45) is 6.94. The first-order chi connectivity index (χ1) is 13.5. The van der Waals surface area contributed by atoms with Gasteiger partial charge in [0, 0.05) is 0 Å². The highest BCUT2D eigenvalue weighted by molar-refractivity contribution is 14.1. The van der Waals surface area contributed by atoms with E-state index in [0.29, 0.717) is 16.4 Å². The van der Waals surface area contributed by atoms with Crippen molar-refractivity contribution in [2.45, 2.75) is 0 Å². The number of carbonyl (C=O) groups excluding carboxylic acids is 1. The highest BCUT2D eigenvalue weighted by Crippen LogP contribution is 2.39. The fraction of sp³-hybridized carbons (Fsp3) is 0.100. The van der Waals surface area contributed by atoms with E-state index in [4.69, 9.17) is 28.1 Å². The Balaban J connectivity index is 1.95. The van der Waals surface area contributed by atoms with E-state index in [1.54, 1.807) is 24.3 Å². The lowest BCUT2D eigenvalue weighted by Crippen LogP contribution is -2.28. The first-order valence-electron chi connectivity index (χ1n) is 7.92. The zero-order valence-electron chi connectivity index (χ0n) is 14.6. The Morgan fingerprint density at radius 3 is 2.82 bits per heavy atom. The average molecular weight is 525 g/mol. The van der Waals surface area contributed by atoms with Crippen LogP contribution in [0.2, 0.25) is 0 Å². The first kappa shape index (κ1) is 20.6. The predicted molar refractivity (Wildman–Crippen MR) is 122 cm³/mol. The second kappa shape index (κ2) is 8.94. The van der Waals surface area contributed by atoms with Gasteiger partial charge in [-0.3, -0.25) is 9.69 Å². The number of thiocarbonyl (C=S) groups is 1. The van der Waals surface area contributed by atoms with E-state index < -0.39 is 5.82 Å². The summed E-state index contributed by atoms with van der Waals surface area (Å²) in [5.74, 6) is 2.57. The van der Waals surface area contributed by atoms with Crippen LogP contribution < -0.4 is 14.4 Å². The van der Waals surface area contributed by atoms with Crippen LogP contribution in [-0.4, -0.2) is 23.9 Å². The zero-order chi connectivity index (χ0) is 20.3. The Hall–Kier alpha value is -2.09. The number of anilines is 1. The summed E-state index contributed by atoms with van der Waals surface area (Å²) in [5, 5.41) is 0. The Labute approximate surface area is 185 Å². The molecule has 142 valence electrons. The van der Waals surface area contributed by atoms with Crippen LogP contribution in [0.4, 0.5) is 10.1 Å². The molecular weight excluding hydrogens is 512 g/mol. The second-order valence-corrected chi connectivity index (χ2v) is 8.33. The van der Waals surface area contributed by atoms with Gasteiger partial charge in [0.05, 0.1) is 21.3 Å². The van der Waals surface area contributed by atoms with Crippen molar-refractivity contribution in [1.82, 2.24) is 0 Å². The number of hydrogen-bond acceptors (Lipinski definition) is 5. The van der Waals surface area contributed by atoms with Gasteiger partial charge in [-0.15, -0.1) is 6.42 Å². The average Bonchev–Trinajstić information content (AvgIpc) is 2.94. The Bertz CT molecular complexity index is 1030. The summed E-state index contributed by atoms with van der Waals surface area (Å²) in [5.41, 5.74) is 0.863. The van der Waals surface area contributed by atoms with Gasteiger partial charge in [-0.05, 0) is 58.5 Å². The van der Waals surface area contributed by atoms with Crippen LogP contribution in [0.25, 0.3) is 6.08 Å². The van der Waals surface area contributed by atoms with Crippen molar-refractivity contribution in [2.24, 2.45) is 0 Å². The maximum absolute atomic E-state index is 14.1. The lowest BCUT2D eigenvalue weighted by molar-refractivity contribution is -0.113. The SMILES string of the molecule is C#CCOc1c(I)cc(/C=C2\SC(=S)N(c3ccccc3F)C2=O)cc1OC. The molecule has 0 radical (unpaired) electrons. The number of terminal acetylenes is 1. The molecule has 2 aromatic carbocycles. The minimum absolute atomic E-state index is 0.118. The minimum Gasteiger partial charge on any atom is -0.493 e. The van der Waals surface area contributed by atoms with E-state index in [1.165, 1.54) is 24.1 Å². The lowest BCUT2D eigenvalue weighted by atomic mass is 10.1. The lowest BCUT2D eigenvalue weighted by Gasteiger charge is -2.15. The standard InChI is InChI=1S/C20H13FINO3S2/c1-3-8-26-18-14(22)9-12(10-16(18)25-2)11-17-19(24)23(20(27)28-17)15-7-5-4-6-13(15)21/h1,4-7,9-11H,8H2,2H3/b17-11-. The van der Waals surface area contributed by atoms with Crippen LogP contribution in [0.1, 0.15) is 5.56 Å². The summed E-state index contributed by atoms with van der Waals surface area (Å²) in [6, 6.07) is 9.60. The van der Waals surface area contributed by atoms with Crippen LogP contribution in [0.5, 0.6) is 11.5 Å². The number of methoxy groups -OCH3 is 1. The fourth-order valence-electron chi connectivity index (χ4n) is 2.54. The van der Waals surface area contributed by atoms with E-state index in [-0.39, 0.29) is 22.5 Å². The number of thioether (sulfide) groups is 1. The molecule has 8 heteroatoms. The number of amides is 1. The van der Waals surface area contributed by atoms with Crippen molar-refractivity contribution in [3.05, 3.63) is 56.3 Å². The number of nitrogens with zero attached hydrogens (tertiary/aromatic N) is 1. The van der Waals surface area contributed by atoms with Gasteiger partial charge < -0.3 is 9.47 Å². The van der Waals surface area contributed by atoms with Crippen LogP contribution in [0.3, 0.4) is 0 Å². The monoisotopic (exact) mass is 525 g/mol. The molecule has 28 heavy (non-hydrogen) atoms. The molecule has 2 aromatic rings. The summed E-state index contributed by atoms with van der Waals surface area (Å²) in [6.45, 7) is 0.118. The topological polar surface area (TPSA) is 38.8 Å². The maximum Gasteiger partial charge on any atom is 0.270 e. The fourth-order valence-corrected chi connectivity index (χ4v) is 4.60. The number of hydrogen-bond donors (Lipinski definition) is 0. The van der Waals surface area contributed by atoms with Gasteiger partial charge in [0.25, 0.3) is 5.91 Å². The predicted octanol–water partition coefficient (Wildman–Crippen LogP) is 4.86. The normalized spacial score (nSPS) is 15.1. The molecule has 0 aromatic heterocycles. The molecule has 4 nitrogen and oxygen atoms in total. The molecule has 0 N–H and O–H groups in total. The smallest absolute Gasteiger partial charge is 0.270 e. The molecule has 0 saturated carbocycles. The molecule has 1 fully saturated rings. The molecule has 1 heterocycles. The third-order valence-electron chi connectivity index (χ3n) is 3.74. The number of halogens is 2. The molecule has 0 spiro atoms. The molecule has 0 unspecified atom stereocenters. The van der Waals surface area contributed by atoms with Gasteiger partial charge in [0.1, 0.15) is 12.4 Å². The highest BCUT2D eigenvalue weighted by atomic mass is 127.